The summed E-state index contributed by atoms with van der Waals surface area (Å²) in [5.74, 6) is -1.72. The van der Waals surface area contributed by atoms with Gasteiger partial charge >= 0.3 is 5.97 Å². The number of nitrogens with zero attached hydrogens (tertiary/aromatic N) is 1. The van der Waals surface area contributed by atoms with Crippen molar-refractivity contribution in [3.8, 4) is 0 Å². The third-order valence-electron chi connectivity index (χ3n) is 2.38. The molecule has 0 aliphatic heterocycles. The molecule has 0 heterocycles. The molecule has 0 bridgehead atoms. The summed E-state index contributed by atoms with van der Waals surface area (Å²) < 4.78 is 0. The SMILES string of the molecule is Cc1c([C@@H](C)C(=O)O)cccc1[N+](=O)[O-]. The number of carboxylic acid groups (broad SMARTS) is 1. The number of carboxylic acids is 1. The van der Waals surface area contributed by atoms with Gasteiger partial charge in [0, 0.05) is 11.6 Å². The molecular formula is C10H11NO4. The van der Waals surface area contributed by atoms with Crippen LogP contribution in [0.15, 0.2) is 18.2 Å². The molecule has 5 nitrogen and oxygen atoms in total. The zero-order valence-corrected chi connectivity index (χ0v) is 8.43. The number of benzene rings is 1. The molecule has 0 radical (unpaired) electrons. The van der Waals surface area contributed by atoms with Crippen LogP contribution in [0.1, 0.15) is 24.0 Å². The molecule has 0 aliphatic carbocycles. The molecule has 1 aromatic rings. The Labute approximate surface area is 86.5 Å². The van der Waals surface area contributed by atoms with Gasteiger partial charge in [0.25, 0.3) is 5.69 Å². The van der Waals surface area contributed by atoms with Crippen molar-refractivity contribution in [3.63, 3.8) is 0 Å². The van der Waals surface area contributed by atoms with Gasteiger partial charge in [-0.1, -0.05) is 12.1 Å². The van der Waals surface area contributed by atoms with Crippen molar-refractivity contribution in [1.82, 2.24) is 0 Å². The molecule has 0 unspecified atom stereocenters. The lowest BCUT2D eigenvalue weighted by molar-refractivity contribution is -0.385. The molecule has 1 atom stereocenters. The molecule has 0 aliphatic rings. The van der Waals surface area contributed by atoms with E-state index in [1.54, 1.807) is 13.0 Å². The number of hydrogen-bond acceptors (Lipinski definition) is 3. The summed E-state index contributed by atoms with van der Waals surface area (Å²) in [7, 11) is 0. The predicted molar refractivity (Wildman–Crippen MR) is 53.9 cm³/mol. The highest BCUT2D eigenvalue weighted by Crippen LogP contribution is 2.26. The second-order valence-corrected chi connectivity index (χ2v) is 3.31. The quantitative estimate of drug-likeness (QED) is 0.610. The number of hydrogen-bond donors (Lipinski definition) is 1. The van der Waals surface area contributed by atoms with Crippen LogP contribution in [-0.2, 0) is 4.79 Å². The van der Waals surface area contributed by atoms with Gasteiger partial charge in [-0.25, -0.2) is 0 Å². The van der Waals surface area contributed by atoms with E-state index in [1.807, 2.05) is 0 Å². The van der Waals surface area contributed by atoms with E-state index in [1.165, 1.54) is 19.1 Å². The average Bonchev–Trinajstić information content (AvgIpc) is 2.16. The minimum absolute atomic E-state index is 0.0411. The van der Waals surface area contributed by atoms with E-state index >= 15 is 0 Å². The van der Waals surface area contributed by atoms with Crippen molar-refractivity contribution >= 4 is 11.7 Å². The smallest absolute Gasteiger partial charge is 0.310 e. The average molecular weight is 209 g/mol. The van der Waals surface area contributed by atoms with Crippen molar-refractivity contribution in [2.75, 3.05) is 0 Å². The third kappa shape index (κ3) is 2.12. The molecule has 1 N–H and O–H groups in total. The van der Waals surface area contributed by atoms with E-state index in [-0.39, 0.29) is 5.69 Å². The number of nitro groups is 1. The fraction of sp³-hybridized carbons (Fsp3) is 0.300. The monoisotopic (exact) mass is 209 g/mol. The summed E-state index contributed by atoms with van der Waals surface area (Å²) in [5.41, 5.74) is 0.856. The normalized spacial score (nSPS) is 12.1. The van der Waals surface area contributed by atoms with Crippen LogP contribution in [0.3, 0.4) is 0 Å². The molecule has 80 valence electrons. The Hall–Kier alpha value is -1.91. The minimum atomic E-state index is -0.987. The molecule has 0 fully saturated rings. The van der Waals surface area contributed by atoms with E-state index in [4.69, 9.17) is 5.11 Å². The maximum Gasteiger partial charge on any atom is 0.310 e. The Morgan fingerprint density at radius 2 is 2.13 bits per heavy atom. The summed E-state index contributed by atoms with van der Waals surface area (Å²) in [6, 6.07) is 4.47. The number of rotatable bonds is 3. The fourth-order valence-electron chi connectivity index (χ4n) is 1.44. The lowest BCUT2D eigenvalue weighted by Gasteiger charge is -2.09. The van der Waals surface area contributed by atoms with Crippen molar-refractivity contribution in [3.05, 3.63) is 39.4 Å². The lowest BCUT2D eigenvalue weighted by atomic mass is 9.95. The first-order valence-corrected chi connectivity index (χ1v) is 4.42. The predicted octanol–water partition coefficient (Wildman–Crippen LogP) is 2.09. The van der Waals surface area contributed by atoms with Gasteiger partial charge in [-0.3, -0.25) is 14.9 Å². The minimum Gasteiger partial charge on any atom is -0.481 e. The maximum atomic E-state index is 10.8. The van der Waals surface area contributed by atoms with Crippen molar-refractivity contribution in [1.29, 1.82) is 0 Å². The lowest BCUT2D eigenvalue weighted by Crippen LogP contribution is -2.09. The largest absolute Gasteiger partial charge is 0.481 e. The van der Waals surface area contributed by atoms with E-state index in [0.29, 0.717) is 11.1 Å². The van der Waals surface area contributed by atoms with Crippen LogP contribution in [0, 0.1) is 17.0 Å². The topological polar surface area (TPSA) is 80.4 Å². The summed E-state index contributed by atoms with van der Waals surface area (Å²) in [6.07, 6.45) is 0. The molecule has 0 saturated heterocycles. The Morgan fingerprint density at radius 1 is 1.53 bits per heavy atom. The van der Waals surface area contributed by atoms with E-state index in [0.717, 1.165) is 0 Å². The van der Waals surface area contributed by atoms with Gasteiger partial charge in [-0.2, -0.15) is 0 Å². The Balaban J connectivity index is 3.26. The summed E-state index contributed by atoms with van der Waals surface area (Å²) >= 11 is 0. The Morgan fingerprint density at radius 3 is 2.60 bits per heavy atom. The highest BCUT2D eigenvalue weighted by Gasteiger charge is 2.20. The number of nitro benzene ring substituents is 1. The Bertz CT molecular complexity index is 414. The summed E-state index contributed by atoms with van der Waals surface area (Å²) in [4.78, 5) is 20.9. The van der Waals surface area contributed by atoms with Crippen LogP contribution in [0.2, 0.25) is 0 Å². The van der Waals surface area contributed by atoms with Crippen molar-refractivity contribution in [2.45, 2.75) is 19.8 Å². The first-order valence-electron chi connectivity index (χ1n) is 4.42. The van der Waals surface area contributed by atoms with E-state index in [9.17, 15) is 14.9 Å². The van der Waals surface area contributed by atoms with Gasteiger partial charge in [0.2, 0.25) is 0 Å². The second kappa shape index (κ2) is 4.08. The van der Waals surface area contributed by atoms with Crippen LogP contribution in [0.4, 0.5) is 5.69 Å². The second-order valence-electron chi connectivity index (χ2n) is 3.31. The third-order valence-corrected chi connectivity index (χ3v) is 2.38. The zero-order chi connectivity index (χ0) is 11.6. The van der Waals surface area contributed by atoms with Gasteiger partial charge in [-0.15, -0.1) is 0 Å². The van der Waals surface area contributed by atoms with E-state index in [2.05, 4.69) is 0 Å². The first-order chi connectivity index (χ1) is 6.95. The molecule has 15 heavy (non-hydrogen) atoms. The summed E-state index contributed by atoms with van der Waals surface area (Å²) in [6.45, 7) is 3.07. The molecule has 1 rings (SSSR count). The van der Waals surface area contributed by atoms with Crippen LogP contribution in [0.5, 0.6) is 0 Å². The first kappa shape index (κ1) is 11.2. The zero-order valence-electron chi connectivity index (χ0n) is 8.43. The molecule has 0 spiro atoms. The fourth-order valence-corrected chi connectivity index (χ4v) is 1.44. The highest BCUT2D eigenvalue weighted by molar-refractivity contribution is 5.76. The molecule has 0 aromatic heterocycles. The molecule has 1 aromatic carbocycles. The van der Waals surface area contributed by atoms with Crippen molar-refractivity contribution in [2.24, 2.45) is 0 Å². The number of carbonyl (C=O) groups is 1. The number of aliphatic carboxylic acids is 1. The van der Waals surface area contributed by atoms with Crippen LogP contribution in [0.25, 0.3) is 0 Å². The van der Waals surface area contributed by atoms with Gasteiger partial charge < -0.3 is 5.11 Å². The van der Waals surface area contributed by atoms with Gasteiger partial charge in [0.05, 0.1) is 10.8 Å². The standard InChI is InChI=1S/C10H11NO4/c1-6-8(7(2)10(12)13)4-3-5-9(6)11(14)15/h3-5,7H,1-2H3,(H,12,13)/t7-/m1/s1. The van der Waals surface area contributed by atoms with Gasteiger partial charge in [0.1, 0.15) is 0 Å². The summed E-state index contributed by atoms with van der Waals surface area (Å²) in [5, 5.41) is 19.4. The van der Waals surface area contributed by atoms with Crippen LogP contribution < -0.4 is 0 Å². The van der Waals surface area contributed by atoms with Crippen LogP contribution >= 0.6 is 0 Å². The van der Waals surface area contributed by atoms with Gasteiger partial charge in [-0.05, 0) is 19.4 Å². The van der Waals surface area contributed by atoms with Crippen LogP contribution in [-0.4, -0.2) is 16.0 Å². The Kier molecular flexibility index (Phi) is 3.04. The molecule has 0 amide bonds. The highest BCUT2D eigenvalue weighted by atomic mass is 16.6. The molecular weight excluding hydrogens is 198 g/mol. The maximum absolute atomic E-state index is 10.8. The molecule has 5 heteroatoms. The van der Waals surface area contributed by atoms with E-state index < -0.39 is 16.8 Å². The van der Waals surface area contributed by atoms with Crippen molar-refractivity contribution < 1.29 is 14.8 Å². The van der Waals surface area contributed by atoms with Gasteiger partial charge in [0.15, 0.2) is 0 Å². The molecule has 0 saturated carbocycles.